The zero-order valence-electron chi connectivity index (χ0n) is 9.56. The molecule has 0 unspecified atom stereocenters. The molecule has 0 aliphatic heterocycles. The molecule has 0 saturated carbocycles. The van der Waals surface area contributed by atoms with Gasteiger partial charge >= 0.3 is 0 Å². The van der Waals surface area contributed by atoms with Crippen LogP contribution in [-0.2, 0) is 0 Å². The smallest absolute Gasteiger partial charge is 0.166 e. The molecule has 0 spiro atoms. The number of benzene rings is 2. The highest BCUT2D eigenvalue weighted by Crippen LogP contribution is 2.26. The van der Waals surface area contributed by atoms with Crippen LogP contribution in [0.2, 0.25) is 0 Å². The molecular weight excluding hydrogens is 217 g/mol. The zero-order valence-corrected chi connectivity index (χ0v) is 9.56. The summed E-state index contributed by atoms with van der Waals surface area (Å²) in [6, 6.07) is 13.7. The Labute approximate surface area is 99.8 Å². The highest BCUT2D eigenvalue weighted by molar-refractivity contribution is 5.35. The van der Waals surface area contributed by atoms with E-state index in [9.17, 15) is 4.39 Å². The summed E-state index contributed by atoms with van der Waals surface area (Å²) in [6.45, 7) is 1.81. The van der Waals surface area contributed by atoms with Crippen molar-refractivity contribution in [2.24, 2.45) is 5.73 Å². The van der Waals surface area contributed by atoms with E-state index < -0.39 is 5.82 Å². The first kappa shape index (κ1) is 11.6. The van der Waals surface area contributed by atoms with E-state index in [1.165, 1.54) is 6.07 Å². The van der Waals surface area contributed by atoms with Gasteiger partial charge < -0.3 is 10.5 Å². The maximum Gasteiger partial charge on any atom is 0.166 e. The van der Waals surface area contributed by atoms with Gasteiger partial charge in [-0.3, -0.25) is 0 Å². The maximum atomic E-state index is 13.7. The predicted octanol–water partition coefficient (Wildman–Crippen LogP) is 3.64. The average Bonchev–Trinajstić information content (AvgIpc) is 2.33. The normalized spacial score (nSPS) is 12.2. The van der Waals surface area contributed by atoms with Gasteiger partial charge in [-0.2, -0.15) is 0 Å². The van der Waals surface area contributed by atoms with E-state index in [4.69, 9.17) is 10.5 Å². The van der Waals surface area contributed by atoms with Crippen molar-refractivity contribution in [3.05, 3.63) is 59.9 Å². The molecule has 2 nitrogen and oxygen atoms in total. The third-order valence-electron chi connectivity index (χ3n) is 2.45. The fourth-order valence-corrected chi connectivity index (χ4v) is 1.50. The lowest BCUT2D eigenvalue weighted by Gasteiger charge is -2.10. The molecule has 0 aromatic heterocycles. The van der Waals surface area contributed by atoms with Gasteiger partial charge in [0.2, 0.25) is 0 Å². The van der Waals surface area contributed by atoms with Gasteiger partial charge in [0.1, 0.15) is 5.75 Å². The van der Waals surface area contributed by atoms with Crippen molar-refractivity contribution >= 4 is 0 Å². The number of halogens is 1. The topological polar surface area (TPSA) is 35.2 Å². The first-order valence-electron chi connectivity index (χ1n) is 5.45. The fraction of sp³-hybridized carbons (Fsp3) is 0.143. The molecule has 0 saturated heterocycles. The van der Waals surface area contributed by atoms with Crippen LogP contribution in [0.25, 0.3) is 0 Å². The first-order chi connectivity index (χ1) is 8.16. The summed E-state index contributed by atoms with van der Waals surface area (Å²) < 4.78 is 19.1. The molecule has 17 heavy (non-hydrogen) atoms. The van der Waals surface area contributed by atoms with Crippen molar-refractivity contribution in [1.29, 1.82) is 0 Å². The van der Waals surface area contributed by atoms with E-state index in [1.54, 1.807) is 24.3 Å². The quantitative estimate of drug-likeness (QED) is 0.875. The summed E-state index contributed by atoms with van der Waals surface area (Å²) in [5.41, 5.74) is 6.43. The number of hydrogen-bond acceptors (Lipinski definition) is 2. The summed E-state index contributed by atoms with van der Waals surface area (Å²) in [6.07, 6.45) is 0. The third kappa shape index (κ3) is 2.82. The first-order valence-corrected chi connectivity index (χ1v) is 5.45. The number of ether oxygens (including phenoxy) is 1. The Hall–Kier alpha value is -1.87. The van der Waals surface area contributed by atoms with Gasteiger partial charge in [-0.25, -0.2) is 4.39 Å². The lowest BCUT2D eigenvalue weighted by molar-refractivity contribution is 0.441. The van der Waals surface area contributed by atoms with Crippen LogP contribution < -0.4 is 10.5 Å². The van der Waals surface area contributed by atoms with E-state index in [0.29, 0.717) is 5.75 Å². The molecule has 0 aliphatic rings. The van der Waals surface area contributed by atoms with Gasteiger partial charge in [-0.1, -0.05) is 24.3 Å². The molecule has 2 aromatic carbocycles. The number of rotatable bonds is 3. The molecule has 2 rings (SSSR count). The number of nitrogens with two attached hydrogens (primary N) is 1. The molecule has 0 aliphatic carbocycles. The van der Waals surface area contributed by atoms with Crippen LogP contribution >= 0.6 is 0 Å². The molecule has 0 heterocycles. The van der Waals surface area contributed by atoms with Crippen LogP contribution in [0.4, 0.5) is 4.39 Å². The van der Waals surface area contributed by atoms with Crippen LogP contribution in [0.1, 0.15) is 18.5 Å². The largest absolute Gasteiger partial charge is 0.454 e. The Morgan fingerprint density at radius 3 is 2.41 bits per heavy atom. The molecule has 2 aromatic rings. The minimum absolute atomic E-state index is 0.185. The van der Waals surface area contributed by atoms with Crippen molar-refractivity contribution in [3.63, 3.8) is 0 Å². The van der Waals surface area contributed by atoms with Crippen LogP contribution in [-0.4, -0.2) is 0 Å². The molecule has 0 amide bonds. The SMILES string of the molecule is C[C@@H](N)c1ccc(Oc2ccccc2)c(F)c1. The van der Waals surface area contributed by atoms with Crippen molar-refractivity contribution in [2.45, 2.75) is 13.0 Å². The van der Waals surface area contributed by atoms with Crippen LogP contribution in [0, 0.1) is 5.82 Å². The maximum absolute atomic E-state index is 13.7. The summed E-state index contributed by atoms with van der Waals surface area (Å²) in [5, 5.41) is 0. The number of hydrogen-bond donors (Lipinski definition) is 1. The average molecular weight is 231 g/mol. The molecule has 0 fully saturated rings. The third-order valence-corrected chi connectivity index (χ3v) is 2.45. The molecular formula is C14H14FNO. The summed E-state index contributed by atoms with van der Waals surface area (Å²) in [7, 11) is 0. The minimum atomic E-state index is -0.399. The van der Waals surface area contributed by atoms with Crippen molar-refractivity contribution in [3.8, 4) is 11.5 Å². The van der Waals surface area contributed by atoms with Crippen LogP contribution in [0.3, 0.4) is 0 Å². The second-order valence-electron chi connectivity index (χ2n) is 3.89. The lowest BCUT2D eigenvalue weighted by Crippen LogP contribution is -2.05. The lowest BCUT2D eigenvalue weighted by atomic mass is 10.1. The fourth-order valence-electron chi connectivity index (χ4n) is 1.50. The summed E-state index contributed by atoms with van der Waals surface area (Å²) >= 11 is 0. The highest BCUT2D eigenvalue weighted by Gasteiger charge is 2.07. The van der Waals surface area contributed by atoms with Gasteiger partial charge in [0, 0.05) is 6.04 Å². The number of para-hydroxylation sites is 1. The van der Waals surface area contributed by atoms with E-state index in [0.717, 1.165) is 5.56 Å². The molecule has 1 atom stereocenters. The Morgan fingerprint density at radius 2 is 1.82 bits per heavy atom. The second kappa shape index (κ2) is 4.97. The van der Waals surface area contributed by atoms with Gasteiger partial charge in [-0.05, 0) is 36.8 Å². The Kier molecular flexibility index (Phi) is 3.40. The Morgan fingerprint density at radius 1 is 1.12 bits per heavy atom. The molecule has 3 heteroatoms. The molecule has 0 radical (unpaired) electrons. The van der Waals surface area contributed by atoms with Crippen LogP contribution in [0.5, 0.6) is 11.5 Å². The summed E-state index contributed by atoms with van der Waals surface area (Å²) in [4.78, 5) is 0. The van der Waals surface area contributed by atoms with E-state index >= 15 is 0 Å². The zero-order chi connectivity index (χ0) is 12.3. The van der Waals surface area contributed by atoms with E-state index in [-0.39, 0.29) is 11.8 Å². The standard InChI is InChI=1S/C14H14FNO/c1-10(16)11-7-8-14(13(15)9-11)17-12-5-3-2-4-6-12/h2-10H,16H2,1H3/t10-/m1/s1. The van der Waals surface area contributed by atoms with E-state index in [2.05, 4.69) is 0 Å². The van der Waals surface area contributed by atoms with Gasteiger partial charge in [0.05, 0.1) is 0 Å². The van der Waals surface area contributed by atoms with E-state index in [1.807, 2.05) is 25.1 Å². The van der Waals surface area contributed by atoms with Gasteiger partial charge in [-0.15, -0.1) is 0 Å². The molecule has 2 N–H and O–H groups in total. The minimum Gasteiger partial charge on any atom is -0.454 e. The summed E-state index contributed by atoms with van der Waals surface area (Å²) in [5.74, 6) is 0.421. The second-order valence-corrected chi connectivity index (χ2v) is 3.89. The Bertz CT molecular complexity index is 497. The Balaban J connectivity index is 2.23. The van der Waals surface area contributed by atoms with Crippen LogP contribution in [0.15, 0.2) is 48.5 Å². The van der Waals surface area contributed by atoms with Gasteiger partial charge in [0.15, 0.2) is 11.6 Å². The molecule has 0 bridgehead atoms. The highest BCUT2D eigenvalue weighted by atomic mass is 19.1. The van der Waals surface area contributed by atoms with Crippen molar-refractivity contribution in [1.82, 2.24) is 0 Å². The van der Waals surface area contributed by atoms with Crippen molar-refractivity contribution in [2.75, 3.05) is 0 Å². The predicted molar refractivity (Wildman–Crippen MR) is 65.5 cm³/mol. The molecule has 88 valence electrons. The van der Waals surface area contributed by atoms with Crippen molar-refractivity contribution < 1.29 is 9.13 Å². The monoisotopic (exact) mass is 231 g/mol. The van der Waals surface area contributed by atoms with Gasteiger partial charge in [0.25, 0.3) is 0 Å².